The average Bonchev–Trinajstić information content (AvgIpc) is 2.19. The van der Waals surface area contributed by atoms with E-state index >= 15 is 0 Å². The molecule has 0 spiro atoms. The van der Waals surface area contributed by atoms with Crippen molar-refractivity contribution in [3.05, 3.63) is 12.7 Å². The van der Waals surface area contributed by atoms with E-state index < -0.39 is 0 Å². The second-order valence-corrected chi connectivity index (χ2v) is 2.09. The van der Waals surface area contributed by atoms with Crippen LogP contribution in [0.3, 0.4) is 0 Å². The highest BCUT2D eigenvalue weighted by Crippen LogP contribution is 2.11. The fourth-order valence-corrected chi connectivity index (χ4v) is 0.936. The minimum atomic E-state index is 0.562. The van der Waals surface area contributed by atoms with E-state index in [1.54, 1.807) is 0 Å². The molecule has 0 saturated carbocycles. The van der Waals surface area contributed by atoms with Gasteiger partial charge in [-0.2, -0.15) is 0 Å². The molecule has 1 unspecified atom stereocenters. The van der Waals surface area contributed by atoms with Crippen molar-refractivity contribution in [3.63, 3.8) is 0 Å². The van der Waals surface area contributed by atoms with Crippen LogP contribution in [-0.2, 0) is 0 Å². The summed E-state index contributed by atoms with van der Waals surface area (Å²) in [6, 6.07) is 0.562. The standard InChI is InChI=1S/C7H11N/c1-2-4-7-5-3-6-8-7/h2,6-7H,1,3-5H2. The Balaban J connectivity index is 2.25. The van der Waals surface area contributed by atoms with Crippen LogP contribution in [0.5, 0.6) is 0 Å². The normalized spacial score (nSPS) is 26.2. The minimum absolute atomic E-state index is 0.562. The molecule has 1 nitrogen and oxygen atoms in total. The van der Waals surface area contributed by atoms with Crippen LogP contribution in [0.15, 0.2) is 17.6 Å². The Bertz CT molecular complexity index is 105. The first-order chi connectivity index (χ1) is 3.93. The molecular formula is C7H11N. The van der Waals surface area contributed by atoms with Crippen molar-refractivity contribution in [2.75, 3.05) is 0 Å². The molecule has 0 bridgehead atoms. The second kappa shape index (κ2) is 2.65. The third-order valence-corrected chi connectivity index (χ3v) is 1.38. The molecule has 1 atom stereocenters. The van der Waals surface area contributed by atoms with E-state index in [0.29, 0.717) is 6.04 Å². The molecule has 0 aromatic heterocycles. The van der Waals surface area contributed by atoms with Gasteiger partial charge in [0, 0.05) is 0 Å². The Morgan fingerprint density at radius 1 is 1.88 bits per heavy atom. The summed E-state index contributed by atoms with van der Waals surface area (Å²) < 4.78 is 0. The van der Waals surface area contributed by atoms with Gasteiger partial charge in [-0.1, -0.05) is 6.08 Å². The topological polar surface area (TPSA) is 12.4 Å². The monoisotopic (exact) mass is 109 g/mol. The lowest BCUT2D eigenvalue weighted by atomic mass is 10.1. The third-order valence-electron chi connectivity index (χ3n) is 1.38. The van der Waals surface area contributed by atoms with E-state index in [2.05, 4.69) is 11.6 Å². The first kappa shape index (κ1) is 5.54. The summed E-state index contributed by atoms with van der Waals surface area (Å²) in [4.78, 5) is 4.23. The smallest absolute Gasteiger partial charge is 0.0533 e. The quantitative estimate of drug-likeness (QED) is 0.479. The van der Waals surface area contributed by atoms with Gasteiger partial charge in [-0.3, -0.25) is 4.99 Å². The highest BCUT2D eigenvalue weighted by Gasteiger charge is 2.06. The van der Waals surface area contributed by atoms with Crippen LogP contribution in [0.1, 0.15) is 19.3 Å². The number of hydrogen-bond donors (Lipinski definition) is 0. The molecule has 0 aromatic carbocycles. The van der Waals surface area contributed by atoms with Crippen molar-refractivity contribution in [1.82, 2.24) is 0 Å². The zero-order valence-electron chi connectivity index (χ0n) is 5.01. The summed E-state index contributed by atoms with van der Waals surface area (Å²) in [5, 5.41) is 0. The van der Waals surface area contributed by atoms with Gasteiger partial charge in [0.15, 0.2) is 0 Å². The molecule has 8 heavy (non-hydrogen) atoms. The van der Waals surface area contributed by atoms with E-state index in [-0.39, 0.29) is 0 Å². The van der Waals surface area contributed by atoms with Crippen LogP contribution < -0.4 is 0 Å². The number of rotatable bonds is 2. The lowest BCUT2D eigenvalue weighted by Crippen LogP contribution is -1.94. The molecule has 0 aliphatic carbocycles. The Labute approximate surface area is 50.1 Å². The van der Waals surface area contributed by atoms with Gasteiger partial charge < -0.3 is 0 Å². The molecule has 0 aromatic rings. The molecule has 1 heterocycles. The Hall–Kier alpha value is -0.590. The lowest BCUT2D eigenvalue weighted by molar-refractivity contribution is 0.682. The summed E-state index contributed by atoms with van der Waals surface area (Å²) in [6.07, 6.45) is 7.39. The van der Waals surface area contributed by atoms with Gasteiger partial charge in [0.25, 0.3) is 0 Å². The predicted octanol–water partition coefficient (Wildman–Crippen LogP) is 1.80. The summed E-state index contributed by atoms with van der Waals surface area (Å²) in [5.74, 6) is 0. The Kier molecular flexibility index (Phi) is 1.84. The van der Waals surface area contributed by atoms with E-state index in [1.807, 2.05) is 12.3 Å². The zero-order chi connectivity index (χ0) is 5.82. The Morgan fingerprint density at radius 2 is 2.75 bits per heavy atom. The number of nitrogens with zero attached hydrogens (tertiary/aromatic N) is 1. The van der Waals surface area contributed by atoms with Crippen LogP contribution in [0.25, 0.3) is 0 Å². The molecule has 0 N–H and O–H groups in total. The van der Waals surface area contributed by atoms with E-state index in [4.69, 9.17) is 0 Å². The minimum Gasteiger partial charge on any atom is -0.294 e. The molecule has 0 radical (unpaired) electrons. The molecule has 1 aliphatic heterocycles. The van der Waals surface area contributed by atoms with E-state index in [1.165, 1.54) is 12.8 Å². The average molecular weight is 109 g/mol. The fourth-order valence-electron chi connectivity index (χ4n) is 0.936. The summed E-state index contributed by atoms with van der Waals surface area (Å²) in [5.41, 5.74) is 0. The summed E-state index contributed by atoms with van der Waals surface area (Å²) >= 11 is 0. The molecule has 1 aliphatic rings. The number of aliphatic imine (C=N–C) groups is 1. The van der Waals surface area contributed by atoms with Gasteiger partial charge in [-0.15, -0.1) is 6.58 Å². The zero-order valence-corrected chi connectivity index (χ0v) is 5.01. The van der Waals surface area contributed by atoms with E-state index in [9.17, 15) is 0 Å². The van der Waals surface area contributed by atoms with Crippen LogP contribution in [0, 0.1) is 0 Å². The molecule has 44 valence electrons. The van der Waals surface area contributed by atoms with Crippen molar-refractivity contribution >= 4 is 6.21 Å². The maximum absolute atomic E-state index is 4.23. The SMILES string of the molecule is C=CCC1CCC=N1. The van der Waals surface area contributed by atoms with Crippen LogP contribution in [0.2, 0.25) is 0 Å². The first-order valence-corrected chi connectivity index (χ1v) is 3.06. The van der Waals surface area contributed by atoms with Crippen LogP contribution in [0.4, 0.5) is 0 Å². The van der Waals surface area contributed by atoms with E-state index in [0.717, 1.165) is 6.42 Å². The largest absolute Gasteiger partial charge is 0.294 e. The molecular weight excluding hydrogens is 98.1 g/mol. The summed E-state index contributed by atoms with van der Waals surface area (Å²) in [7, 11) is 0. The van der Waals surface area contributed by atoms with Crippen LogP contribution in [-0.4, -0.2) is 12.3 Å². The molecule has 1 rings (SSSR count). The highest BCUT2D eigenvalue weighted by molar-refractivity contribution is 5.59. The van der Waals surface area contributed by atoms with Gasteiger partial charge in [0.05, 0.1) is 6.04 Å². The molecule has 0 fully saturated rings. The van der Waals surface area contributed by atoms with Crippen molar-refractivity contribution < 1.29 is 0 Å². The van der Waals surface area contributed by atoms with Gasteiger partial charge in [0.2, 0.25) is 0 Å². The van der Waals surface area contributed by atoms with Gasteiger partial charge in [-0.05, 0) is 25.5 Å². The summed E-state index contributed by atoms with van der Waals surface area (Å²) in [6.45, 7) is 3.65. The van der Waals surface area contributed by atoms with Gasteiger partial charge in [0.1, 0.15) is 0 Å². The first-order valence-electron chi connectivity index (χ1n) is 3.06. The maximum atomic E-state index is 4.23. The fraction of sp³-hybridized carbons (Fsp3) is 0.571. The maximum Gasteiger partial charge on any atom is 0.0533 e. The third kappa shape index (κ3) is 1.19. The highest BCUT2D eigenvalue weighted by atomic mass is 14.8. The van der Waals surface area contributed by atoms with Gasteiger partial charge in [-0.25, -0.2) is 0 Å². The molecule has 1 heteroatoms. The van der Waals surface area contributed by atoms with Crippen LogP contribution >= 0.6 is 0 Å². The van der Waals surface area contributed by atoms with Crippen molar-refractivity contribution in [1.29, 1.82) is 0 Å². The predicted molar refractivity (Wildman–Crippen MR) is 36.3 cm³/mol. The molecule has 0 amide bonds. The van der Waals surface area contributed by atoms with Crippen molar-refractivity contribution in [2.45, 2.75) is 25.3 Å². The second-order valence-electron chi connectivity index (χ2n) is 2.09. The van der Waals surface area contributed by atoms with Gasteiger partial charge >= 0.3 is 0 Å². The van der Waals surface area contributed by atoms with Crippen molar-refractivity contribution in [2.24, 2.45) is 4.99 Å². The number of hydrogen-bond acceptors (Lipinski definition) is 1. The molecule has 0 saturated heterocycles. The van der Waals surface area contributed by atoms with Crippen molar-refractivity contribution in [3.8, 4) is 0 Å². The Morgan fingerprint density at radius 3 is 3.25 bits per heavy atom. The lowest BCUT2D eigenvalue weighted by Gasteiger charge is -1.98.